The summed E-state index contributed by atoms with van der Waals surface area (Å²) in [4.78, 5) is 0. The summed E-state index contributed by atoms with van der Waals surface area (Å²) in [6.45, 7) is 4.80. The lowest BCUT2D eigenvalue weighted by Crippen LogP contribution is -2.07. The fraction of sp³-hybridized carbons (Fsp3) is 0.400. The fourth-order valence-corrected chi connectivity index (χ4v) is 3.13. The maximum Gasteiger partial charge on any atom is 0.0718 e. The average molecular weight is 358 g/mol. The van der Waals surface area contributed by atoms with Crippen molar-refractivity contribution in [2.24, 2.45) is 0 Å². The minimum absolute atomic E-state index is 0.0421. The van der Waals surface area contributed by atoms with Crippen LogP contribution in [0.15, 0.2) is 22.7 Å². The number of nitrogens with zero attached hydrogens (tertiary/aromatic N) is 2. The zero-order valence-corrected chi connectivity index (χ0v) is 14.0. The molecule has 0 fully saturated rings. The van der Waals surface area contributed by atoms with Crippen molar-refractivity contribution in [1.29, 1.82) is 0 Å². The second-order valence-corrected chi connectivity index (χ2v) is 5.95. The van der Waals surface area contributed by atoms with Crippen molar-refractivity contribution in [1.82, 2.24) is 9.78 Å². The molecule has 0 unspecified atom stereocenters. The predicted octanol–water partition coefficient (Wildman–Crippen LogP) is 3.96. The van der Waals surface area contributed by atoms with Gasteiger partial charge in [0.25, 0.3) is 0 Å². The first kappa shape index (κ1) is 15.5. The largest absolute Gasteiger partial charge is 0.392 e. The maximum atomic E-state index is 9.55. The molecule has 1 aromatic heterocycles. The maximum absolute atomic E-state index is 9.55. The van der Waals surface area contributed by atoms with Gasteiger partial charge in [-0.25, -0.2) is 0 Å². The van der Waals surface area contributed by atoms with E-state index in [1.165, 1.54) is 0 Å². The Hall–Kier alpha value is -0.840. The van der Waals surface area contributed by atoms with Gasteiger partial charge < -0.3 is 5.11 Å². The first-order chi connectivity index (χ1) is 9.60. The van der Waals surface area contributed by atoms with Gasteiger partial charge in [0.1, 0.15) is 0 Å². The molecule has 0 spiro atoms. The molecule has 0 aliphatic carbocycles. The number of rotatable bonds is 5. The molecule has 2 aromatic rings. The molecule has 0 radical (unpaired) electrons. The lowest BCUT2D eigenvalue weighted by Gasteiger charge is -2.09. The van der Waals surface area contributed by atoms with Crippen LogP contribution in [0.5, 0.6) is 0 Å². The number of halogens is 2. The van der Waals surface area contributed by atoms with Gasteiger partial charge in [-0.1, -0.05) is 47.4 Å². The Labute approximate surface area is 132 Å². The number of hydrogen-bond donors (Lipinski definition) is 1. The molecule has 0 amide bonds. The summed E-state index contributed by atoms with van der Waals surface area (Å²) in [6, 6.07) is 5.86. The summed E-state index contributed by atoms with van der Waals surface area (Å²) in [6.07, 6.45) is 1.67. The summed E-state index contributed by atoms with van der Waals surface area (Å²) < 4.78 is 2.92. The number of aliphatic hydroxyl groups is 1. The second kappa shape index (κ2) is 6.74. The number of aliphatic hydroxyl groups excluding tert-OH is 1. The zero-order valence-electron chi connectivity index (χ0n) is 11.7. The van der Waals surface area contributed by atoms with Crippen LogP contribution in [-0.4, -0.2) is 14.9 Å². The van der Waals surface area contributed by atoms with Crippen LogP contribution in [0.1, 0.15) is 36.4 Å². The molecule has 0 saturated heterocycles. The van der Waals surface area contributed by atoms with Crippen molar-refractivity contribution in [2.75, 3.05) is 0 Å². The molecule has 1 heterocycles. The van der Waals surface area contributed by atoms with E-state index < -0.39 is 0 Å². The quantitative estimate of drug-likeness (QED) is 0.879. The lowest BCUT2D eigenvalue weighted by atomic mass is 10.1. The zero-order chi connectivity index (χ0) is 14.7. The number of aryl methyl sites for hydroxylation is 1. The van der Waals surface area contributed by atoms with Gasteiger partial charge in [0.2, 0.25) is 0 Å². The highest BCUT2D eigenvalue weighted by Crippen LogP contribution is 2.24. The van der Waals surface area contributed by atoms with Crippen molar-refractivity contribution in [3.05, 3.63) is 50.2 Å². The van der Waals surface area contributed by atoms with Crippen LogP contribution >= 0.6 is 27.5 Å². The number of hydrogen-bond acceptors (Lipinski definition) is 2. The van der Waals surface area contributed by atoms with Crippen molar-refractivity contribution < 1.29 is 5.11 Å². The molecule has 5 heteroatoms. The molecule has 2 rings (SSSR count). The SMILES string of the molecule is CCc1nn(Cc2ccc(Br)cc2Cl)c(CC)c1CO. The van der Waals surface area contributed by atoms with Crippen LogP contribution in [0, 0.1) is 0 Å². The molecule has 0 aliphatic rings. The predicted molar refractivity (Wildman–Crippen MR) is 85.2 cm³/mol. The molecule has 1 N–H and O–H groups in total. The van der Waals surface area contributed by atoms with Crippen molar-refractivity contribution >= 4 is 27.5 Å². The van der Waals surface area contributed by atoms with Crippen LogP contribution in [0.4, 0.5) is 0 Å². The third-order valence-corrected chi connectivity index (χ3v) is 4.26. The van der Waals surface area contributed by atoms with Crippen LogP contribution in [0.25, 0.3) is 0 Å². The van der Waals surface area contributed by atoms with Gasteiger partial charge in [-0.2, -0.15) is 5.10 Å². The highest BCUT2D eigenvalue weighted by atomic mass is 79.9. The van der Waals surface area contributed by atoms with E-state index in [0.29, 0.717) is 6.54 Å². The Kier molecular flexibility index (Phi) is 5.24. The summed E-state index contributed by atoms with van der Waals surface area (Å²) in [5.41, 5.74) is 4.04. The van der Waals surface area contributed by atoms with Crippen LogP contribution in [0.3, 0.4) is 0 Å². The monoisotopic (exact) mass is 356 g/mol. The summed E-state index contributed by atoms with van der Waals surface area (Å²) in [5, 5.41) is 14.9. The topological polar surface area (TPSA) is 38.0 Å². The standard InChI is InChI=1S/C15H18BrClN2O/c1-3-14-12(9-20)15(4-2)19(18-14)8-10-5-6-11(16)7-13(10)17/h5-7,20H,3-4,8-9H2,1-2H3. The van der Waals surface area contributed by atoms with E-state index in [2.05, 4.69) is 34.9 Å². The van der Waals surface area contributed by atoms with Crippen molar-refractivity contribution in [2.45, 2.75) is 39.8 Å². The summed E-state index contributed by atoms with van der Waals surface area (Å²) in [5.74, 6) is 0. The molecular weight excluding hydrogens is 340 g/mol. The van der Waals surface area contributed by atoms with E-state index in [1.54, 1.807) is 0 Å². The third-order valence-electron chi connectivity index (χ3n) is 3.41. The van der Waals surface area contributed by atoms with Gasteiger partial charge in [0.05, 0.1) is 18.8 Å². The van der Waals surface area contributed by atoms with Crippen LogP contribution < -0.4 is 0 Å². The van der Waals surface area contributed by atoms with Crippen LogP contribution in [-0.2, 0) is 26.0 Å². The van der Waals surface area contributed by atoms with E-state index in [-0.39, 0.29) is 6.61 Å². The molecule has 20 heavy (non-hydrogen) atoms. The molecule has 0 saturated carbocycles. The van der Waals surface area contributed by atoms with Gasteiger partial charge in [-0.15, -0.1) is 0 Å². The van der Waals surface area contributed by atoms with Gasteiger partial charge in [0.15, 0.2) is 0 Å². The van der Waals surface area contributed by atoms with E-state index in [1.807, 2.05) is 22.9 Å². The Bertz CT molecular complexity index is 610. The van der Waals surface area contributed by atoms with E-state index in [4.69, 9.17) is 11.6 Å². The highest BCUT2D eigenvalue weighted by Gasteiger charge is 2.15. The Morgan fingerprint density at radius 2 is 2.05 bits per heavy atom. The normalized spacial score (nSPS) is 11.1. The van der Waals surface area contributed by atoms with Gasteiger partial charge >= 0.3 is 0 Å². The minimum Gasteiger partial charge on any atom is -0.392 e. The first-order valence-electron chi connectivity index (χ1n) is 6.72. The van der Waals surface area contributed by atoms with Gasteiger partial charge in [-0.3, -0.25) is 4.68 Å². The minimum atomic E-state index is 0.0421. The molecular formula is C15H18BrClN2O. The Morgan fingerprint density at radius 1 is 1.30 bits per heavy atom. The Morgan fingerprint density at radius 3 is 2.60 bits per heavy atom. The van der Waals surface area contributed by atoms with Gasteiger partial charge in [-0.05, 0) is 30.5 Å². The van der Waals surface area contributed by atoms with Gasteiger partial charge in [0, 0.05) is 20.8 Å². The highest BCUT2D eigenvalue weighted by molar-refractivity contribution is 9.10. The Balaban J connectivity index is 2.40. The van der Waals surface area contributed by atoms with Crippen LogP contribution in [0.2, 0.25) is 5.02 Å². The fourth-order valence-electron chi connectivity index (χ4n) is 2.39. The van der Waals surface area contributed by atoms with E-state index in [9.17, 15) is 5.11 Å². The smallest absolute Gasteiger partial charge is 0.0718 e. The first-order valence-corrected chi connectivity index (χ1v) is 7.90. The van der Waals surface area contributed by atoms with Crippen molar-refractivity contribution in [3.8, 4) is 0 Å². The van der Waals surface area contributed by atoms with E-state index in [0.717, 1.165) is 44.9 Å². The number of benzene rings is 1. The molecule has 108 valence electrons. The molecule has 0 atom stereocenters. The lowest BCUT2D eigenvalue weighted by molar-refractivity contribution is 0.279. The average Bonchev–Trinajstić information content (AvgIpc) is 2.78. The summed E-state index contributed by atoms with van der Waals surface area (Å²) >= 11 is 9.68. The molecule has 0 bridgehead atoms. The summed E-state index contributed by atoms with van der Waals surface area (Å²) in [7, 11) is 0. The second-order valence-electron chi connectivity index (χ2n) is 4.63. The molecule has 1 aromatic carbocycles. The van der Waals surface area contributed by atoms with Crippen molar-refractivity contribution in [3.63, 3.8) is 0 Å². The molecule has 3 nitrogen and oxygen atoms in total. The third kappa shape index (κ3) is 3.08. The number of aromatic nitrogens is 2. The molecule has 0 aliphatic heterocycles. The van der Waals surface area contributed by atoms with E-state index >= 15 is 0 Å².